The van der Waals surface area contributed by atoms with Crippen LogP contribution in [-0.4, -0.2) is 34.5 Å². The maximum Gasteiger partial charge on any atom is 0.522 e. The molecule has 0 fully saturated rings. The molecule has 0 saturated carbocycles. The lowest BCUT2D eigenvalue weighted by Gasteiger charge is -2.06. The molecule has 0 aliphatic carbocycles. The van der Waals surface area contributed by atoms with Gasteiger partial charge in [0.15, 0.2) is 0 Å². The van der Waals surface area contributed by atoms with Gasteiger partial charge in [0, 0.05) is 12.6 Å². The third-order valence-electron chi connectivity index (χ3n) is 1.57. The first kappa shape index (κ1) is 11.9. The molecule has 5 nitrogen and oxygen atoms in total. The highest BCUT2D eigenvalue weighted by molar-refractivity contribution is 4.92. The Labute approximate surface area is 84.0 Å². The van der Waals surface area contributed by atoms with Gasteiger partial charge in [-0.25, -0.2) is 4.68 Å². The Kier molecular flexibility index (Phi) is 4.04. The van der Waals surface area contributed by atoms with Crippen molar-refractivity contribution < 1.29 is 17.9 Å². The fourth-order valence-corrected chi connectivity index (χ4v) is 0.965. The smallest absolute Gasteiger partial charge is 0.330 e. The third kappa shape index (κ3) is 4.75. The summed E-state index contributed by atoms with van der Waals surface area (Å²) in [5.74, 6) is 0. The second-order valence-corrected chi connectivity index (χ2v) is 2.81. The van der Waals surface area contributed by atoms with Gasteiger partial charge in [0.1, 0.15) is 0 Å². The van der Waals surface area contributed by atoms with Gasteiger partial charge in [-0.3, -0.25) is 4.74 Å². The lowest BCUT2D eigenvalue weighted by Crippen LogP contribution is -2.17. The predicted octanol–water partition coefficient (Wildman–Crippen LogP) is 0.316. The summed E-state index contributed by atoms with van der Waals surface area (Å²) < 4.78 is 39.7. The lowest BCUT2D eigenvalue weighted by molar-refractivity contribution is -0.325. The molecular formula is C7H11F3N4O. The van der Waals surface area contributed by atoms with Crippen LogP contribution in [0.15, 0.2) is 6.20 Å². The summed E-state index contributed by atoms with van der Waals surface area (Å²) in [7, 11) is 0. The highest BCUT2D eigenvalue weighted by Gasteiger charge is 2.28. The molecular weight excluding hydrogens is 213 g/mol. The normalized spacial score (nSPS) is 12.0. The number of nitrogens with two attached hydrogens (primary N) is 1. The standard InChI is InChI=1S/C7H11F3N4O/c8-7(9,10)15-4-3-14-5-6(1-2-11)12-13-14/h5H,1-4,11H2. The first-order chi connectivity index (χ1) is 7.01. The van der Waals surface area contributed by atoms with Gasteiger partial charge in [-0.2, -0.15) is 0 Å². The number of ether oxygens (including phenoxy) is 1. The Morgan fingerprint density at radius 3 is 2.80 bits per heavy atom. The minimum atomic E-state index is -4.60. The second-order valence-electron chi connectivity index (χ2n) is 2.81. The van der Waals surface area contributed by atoms with E-state index in [9.17, 15) is 13.2 Å². The van der Waals surface area contributed by atoms with E-state index in [4.69, 9.17) is 5.73 Å². The van der Waals surface area contributed by atoms with Gasteiger partial charge in [0.2, 0.25) is 0 Å². The van der Waals surface area contributed by atoms with E-state index in [1.165, 1.54) is 4.68 Å². The molecule has 1 heterocycles. The molecule has 1 aromatic rings. The predicted molar refractivity (Wildman–Crippen MR) is 44.8 cm³/mol. The van der Waals surface area contributed by atoms with E-state index in [2.05, 4.69) is 15.0 Å². The van der Waals surface area contributed by atoms with Crippen LogP contribution in [0.5, 0.6) is 0 Å². The average Bonchev–Trinajstić information content (AvgIpc) is 2.51. The molecule has 0 bridgehead atoms. The summed E-state index contributed by atoms with van der Waals surface area (Å²) >= 11 is 0. The zero-order chi connectivity index (χ0) is 11.3. The molecule has 86 valence electrons. The average molecular weight is 224 g/mol. The van der Waals surface area contributed by atoms with Crippen LogP contribution in [0.1, 0.15) is 5.69 Å². The highest BCUT2D eigenvalue weighted by Crippen LogP contribution is 2.15. The molecule has 0 atom stereocenters. The summed E-state index contributed by atoms with van der Waals surface area (Å²) in [6.07, 6.45) is -2.49. The van der Waals surface area contributed by atoms with Crippen molar-refractivity contribution in [3.8, 4) is 0 Å². The van der Waals surface area contributed by atoms with Crippen molar-refractivity contribution in [3.63, 3.8) is 0 Å². The maximum atomic E-state index is 11.6. The molecule has 0 amide bonds. The first-order valence-corrected chi connectivity index (χ1v) is 4.31. The fourth-order valence-electron chi connectivity index (χ4n) is 0.965. The molecule has 0 aliphatic heterocycles. The van der Waals surface area contributed by atoms with E-state index in [0.29, 0.717) is 18.7 Å². The van der Waals surface area contributed by atoms with E-state index in [-0.39, 0.29) is 6.54 Å². The minimum absolute atomic E-state index is 0.0110. The molecule has 8 heteroatoms. The van der Waals surface area contributed by atoms with Crippen LogP contribution in [0.4, 0.5) is 13.2 Å². The maximum absolute atomic E-state index is 11.6. The zero-order valence-electron chi connectivity index (χ0n) is 7.87. The number of nitrogens with zero attached hydrogens (tertiary/aromatic N) is 3. The molecule has 0 saturated heterocycles. The molecule has 0 radical (unpaired) electrons. The van der Waals surface area contributed by atoms with E-state index < -0.39 is 13.0 Å². The van der Waals surface area contributed by atoms with Crippen LogP contribution in [0.3, 0.4) is 0 Å². The number of hydrogen-bond donors (Lipinski definition) is 1. The van der Waals surface area contributed by atoms with Gasteiger partial charge in [-0.05, 0) is 6.54 Å². The topological polar surface area (TPSA) is 66.0 Å². The minimum Gasteiger partial charge on any atom is -0.330 e. The largest absolute Gasteiger partial charge is 0.522 e. The van der Waals surface area contributed by atoms with Crippen molar-refractivity contribution in [3.05, 3.63) is 11.9 Å². The molecule has 1 rings (SSSR count). The number of halogens is 3. The Hall–Kier alpha value is -1.15. The van der Waals surface area contributed by atoms with Gasteiger partial charge in [0.25, 0.3) is 0 Å². The quantitative estimate of drug-likeness (QED) is 0.782. The van der Waals surface area contributed by atoms with Crippen LogP contribution >= 0.6 is 0 Å². The van der Waals surface area contributed by atoms with Crippen LogP contribution in [0, 0.1) is 0 Å². The van der Waals surface area contributed by atoms with Crippen LogP contribution in [-0.2, 0) is 17.7 Å². The Morgan fingerprint density at radius 2 is 2.20 bits per heavy atom. The lowest BCUT2D eigenvalue weighted by atomic mass is 10.3. The van der Waals surface area contributed by atoms with Crippen molar-refractivity contribution in [1.82, 2.24) is 15.0 Å². The highest BCUT2D eigenvalue weighted by atomic mass is 19.4. The van der Waals surface area contributed by atoms with Crippen molar-refractivity contribution in [2.45, 2.75) is 19.3 Å². The molecule has 1 aromatic heterocycles. The monoisotopic (exact) mass is 224 g/mol. The van der Waals surface area contributed by atoms with E-state index in [1.807, 2.05) is 0 Å². The van der Waals surface area contributed by atoms with Crippen molar-refractivity contribution in [2.75, 3.05) is 13.2 Å². The SMILES string of the molecule is NCCc1cn(CCOC(F)(F)F)nn1. The summed E-state index contributed by atoms with van der Waals surface area (Å²) in [6, 6.07) is 0. The number of rotatable bonds is 5. The van der Waals surface area contributed by atoms with Crippen LogP contribution < -0.4 is 5.73 Å². The number of aromatic nitrogens is 3. The summed E-state index contributed by atoms with van der Waals surface area (Å²) in [5.41, 5.74) is 5.93. The van der Waals surface area contributed by atoms with Gasteiger partial charge < -0.3 is 5.73 Å². The second kappa shape index (κ2) is 5.08. The zero-order valence-corrected chi connectivity index (χ0v) is 7.87. The van der Waals surface area contributed by atoms with Gasteiger partial charge >= 0.3 is 6.36 Å². The van der Waals surface area contributed by atoms with Gasteiger partial charge in [-0.1, -0.05) is 5.21 Å². The van der Waals surface area contributed by atoms with Gasteiger partial charge in [-0.15, -0.1) is 18.3 Å². The van der Waals surface area contributed by atoms with E-state index in [1.54, 1.807) is 6.20 Å². The number of hydrogen-bond acceptors (Lipinski definition) is 4. The van der Waals surface area contributed by atoms with Crippen LogP contribution in [0.2, 0.25) is 0 Å². The Balaban J connectivity index is 2.31. The van der Waals surface area contributed by atoms with Gasteiger partial charge in [0.05, 0.1) is 18.8 Å². The molecule has 0 unspecified atom stereocenters. The fraction of sp³-hybridized carbons (Fsp3) is 0.714. The first-order valence-electron chi connectivity index (χ1n) is 4.31. The third-order valence-corrected chi connectivity index (χ3v) is 1.57. The molecule has 0 aromatic carbocycles. The summed E-state index contributed by atoms with van der Waals surface area (Å²) in [4.78, 5) is 0. The summed E-state index contributed by atoms with van der Waals surface area (Å²) in [5, 5.41) is 7.34. The van der Waals surface area contributed by atoms with Crippen LogP contribution in [0.25, 0.3) is 0 Å². The molecule has 15 heavy (non-hydrogen) atoms. The van der Waals surface area contributed by atoms with E-state index in [0.717, 1.165) is 0 Å². The molecule has 0 aliphatic rings. The van der Waals surface area contributed by atoms with E-state index >= 15 is 0 Å². The van der Waals surface area contributed by atoms with Crippen molar-refractivity contribution >= 4 is 0 Å². The molecule has 0 spiro atoms. The Morgan fingerprint density at radius 1 is 1.47 bits per heavy atom. The Bertz CT molecular complexity index is 299. The summed E-state index contributed by atoms with van der Waals surface area (Å²) in [6.45, 7) is -0.0379. The molecule has 2 N–H and O–H groups in total. The van der Waals surface area contributed by atoms with Crippen molar-refractivity contribution in [2.24, 2.45) is 5.73 Å². The number of alkyl halides is 3. The van der Waals surface area contributed by atoms with Crippen molar-refractivity contribution in [1.29, 1.82) is 0 Å².